The van der Waals surface area contributed by atoms with Crippen molar-refractivity contribution in [2.45, 2.75) is 13.0 Å². The number of amides is 2. The van der Waals surface area contributed by atoms with E-state index in [9.17, 15) is 18.4 Å². The van der Waals surface area contributed by atoms with Crippen molar-refractivity contribution in [3.05, 3.63) is 35.4 Å². The topological polar surface area (TPSA) is 78.7 Å². The average Bonchev–Trinajstić information content (AvgIpc) is 2.59. The lowest BCUT2D eigenvalue weighted by molar-refractivity contribution is -0.134. The van der Waals surface area contributed by atoms with Crippen LogP contribution in [0.5, 0.6) is 0 Å². The van der Waals surface area contributed by atoms with Crippen molar-refractivity contribution in [2.24, 2.45) is 5.73 Å². The lowest BCUT2D eigenvalue weighted by atomic mass is 10.1. The Labute approximate surface area is 139 Å². The Kier molecular flexibility index (Phi) is 6.22. The van der Waals surface area contributed by atoms with Crippen LogP contribution in [0.3, 0.4) is 0 Å². The quantitative estimate of drug-likeness (QED) is 0.805. The fourth-order valence-corrected chi connectivity index (χ4v) is 2.75. The zero-order chi connectivity index (χ0) is 17.7. The van der Waals surface area contributed by atoms with Crippen LogP contribution in [-0.2, 0) is 9.59 Å². The van der Waals surface area contributed by atoms with Crippen molar-refractivity contribution in [2.75, 3.05) is 39.3 Å². The van der Waals surface area contributed by atoms with E-state index in [0.29, 0.717) is 31.7 Å². The largest absolute Gasteiger partial charge is 0.346 e. The maximum Gasteiger partial charge on any atom is 0.242 e. The van der Waals surface area contributed by atoms with Crippen LogP contribution >= 0.6 is 0 Å². The molecule has 0 bridgehead atoms. The fourth-order valence-electron chi connectivity index (χ4n) is 2.75. The summed E-state index contributed by atoms with van der Waals surface area (Å²) in [4.78, 5) is 26.8. The number of carbonyl (C=O) groups is 2. The van der Waals surface area contributed by atoms with Gasteiger partial charge in [0.2, 0.25) is 11.8 Å². The number of hydrogen-bond donors (Lipinski definition) is 2. The first-order valence-corrected chi connectivity index (χ1v) is 7.86. The summed E-state index contributed by atoms with van der Waals surface area (Å²) in [7, 11) is 0. The van der Waals surface area contributed by atoms with Gasteiger partial charge in [-0.25, -0.2) is 8.78 Å². The molecule has 1 heterocycles. The van der Waals surface area contributed by atoms with E-state index in [4.69, 9.17) is 5.73 Å². The van der Waals surface area contributed by atoms with Gasteiger partial charge in [0.1, 0.15) is 11.6 Å². The number of nitrogens with two attached hydrogens (primary N) is 1. The molecule has 1 aromatic rings. The summed E-state index contributed by atoms with van der Waals surface area (Å²) >= 11 is 0. The summed E-state index contributed by atoms with van der Waals surface area (Å²) in [6.45, 7) is 3.77. The van der Waals surface area contributed by atoms with Gasteiger partial charge in [-0.15, -0.1) is 0 Å². The second kappa shape index (κ2) is 8.16. The predicted molar refractivity (Wildman–Crippen MR) is 85.0 cm³/mol. The molecular weight excluding hydrogens is 318 g/mol. The number of piperazine rings is 1. The standard InChI is InChI=1S/C16H22F2N4O2/c1-11(13-3-2-12(17)8-14(13)18)21-4-6-22(7-5-21)16(24)10-20-15(23)9-19/h2-3,8,11H,4-7,9-10,19H2,1H3,(H,20,23). The van der Waals surface area contributed by atoms with E-state index in [2.05, 4.69) is 5.32 Å². The zero-order valence-corrected chi connectivity index (χ0v) is 13.6. The first-order chi connectivity index (χ1) is 11.4. The monoisotopic (exact) mass is 340 g/mol. The Balaban J connectivity index is 1.87. The van der Waals surface area contributed by atoms with Crippen LogP contribution in [0.1, 0.15) is 18.5 Å². The second-order valence-corrected chi connectivity index (χ2v) is 5.74. The number of benzene rings is 1. The summed E-state index contributed by atoms with van der Waals surface area (Å²) in [6, 6.07) is 3.37. The van der Waals surface area contributed by atoms with Gasteiger partial charge in [-0.05, 0) is 13.0 Å². The SMILES string of the molecule is CC(c1ccc(F)cc1F)N1CCN(C(=O)CNC(=O)CN)CC1. The highest BCUT2D eigenvalue weighted by molar-refractivity contribution is 5.85. The van der Waals surface area contributed by atoms with E-state index >= 15 is 0 Å². The molecule has 3 N–H and O–H groups in total. The first-order valence-electron chi connectivity index (χ1n) is 7.86. The highest BCUT2D eigenvalue weighted by Gasteiger charge is 2.26. The molecule has 1 unspecified atom stereocenters. The molecule has 8 heteroatoms. The minimum atomic E-state index is -0.599. The third-order valence-corrected chi connectivity index (χ3v) is 4.25. The molecule has 6 nitrogen and oxygen atoms in total. The van der Waals surface area contributed by atoms with Gasteiger partial charge in [0, 0.05) is 43.9 Å². The third kappa shape index (κ3) is 4.48. The summed E-state index contributed by atoms with van der Waals surface area (Å²) in [5, 5.41) is 2.45. The van der Waals surface area contributed by atoms with Crippen LogP contribution in [0, 0.1) is 11.6 Å². The van der Waals surface area contributed by atoms with Crippen LogP contribution in [0.15, 0.2) is 18.2 Å². The molecule has 1 atom stereocenters. The van der Waals surface area contributed by atoms with Crippen molar-refractivity contribution in [1.82, 2.24) is 15.1 Å². The highest BCUT2D eigenvalue weighted by Crippen LogP contribution is 2.24. The van der Waals surface area contributed by atoms with Gasteiger partial charge >= 0.3 is 0 Å². The maximum absolute atomic E-state index is 13.9. The van der Waals surface area contributed by atoms with E-state index in [0.717, 1.165) is 6.07 Å². The summed E-state index contributed by atoms with van der Waals surface area (Å²) < 4.78 is 26.9. The van der Waals surface area contributed by atoms with Gasteiger partial charge in [-0.2, -0.15) is 0 Å². The molecule has 2 rings (SSSR count). The highest BCUT2D eigenvalue weighted by atomic mass is 19.1. The van der Waals surface area contributed by atoms with Gasteiger partial charge in [0.15, 0.2) is 0 Å². The molecule has 132 valence electrons. The van der Waals surface area contributed by atoms with Crippen molar-refractivity contribution >= 4 is 11.8 Å². The summed E-state index contributed by atoms with van der Waals surface area (Å²) in [5.74, 6) is -1.71. The molecule has 0 saturated carbocycles. The number of rotatable bonds is 5. The van der Waals surface area contributed by atoms with Crippen molar-refractivity contribution < 1.29 is 18.4 Å². The number of hydrogen-bond acceptors (Lipinski definition) is 4. The Hall–Kier alpha value is -2.06. The van der Waals surface area contributed by atoms with E-state index < -0.39 is 11.6 Å². The van der Waals surface area contributed by atoms with Crippen molar-refractivity contribution in [3.63, 3.8) is 0 Å². The van der Waals surface area contributed by atoms with Gasteiger partial charge in [-0.1, -0.05) is 6.07 Å². The number of nitrogens with one attached hydrogen (secondary N) is 1. The van der Waals surface area contributed by atoms with Crippen LogP contribution in [0.4, 0.5) is 8.78 Å². The molecule has 0 aliphatic carbocycles. The molecule has 1 saturated heterocycles. The third-order valence-electron chi connectivity index (χ3n) is 4.25. The van der Waals surface area contributed by atoms with Crippen LogP contribution in [0.2, 0.25) is 0 Å². The Bertz CT molecular complexity index is 604. The average molecular weight is 340 g/mol. The Morgan fingerprint density at radius 2 is 1.92 bits per heavy atom. The van der Waals surface area contributed by atoms with Gasteiger partial charge in [0.05, 0.1) is 13.1 Å². The van der Waals surface area contributed by atoms with Crippen LogP contribution in [0.25, 0.3) is 0 Å². The second-order valence-electron chi connectivity index (χ2n) is 5.74. The van der Waals surface area contributed by atoms with Gasteiger partial charge in [-0.3, -0.25) is 14.5 Å². The fraction of sp³-hybridized carbons (Fsp3) is 0.500. The van der Waals surface area contributed by atoms with Crippen molar-refractivity contribution in [3.8, 4) is 0 Å². The first kappa shape index (κ1) is 18.3. The van der Waals surface area contributed by atoms with Gasteiger partial charge in [0.25, 0.3) is 0 Å². The molecule has 2 amide bonds. The molecule has 24 heavy (non-hydrogen) atoms. The normalized spacial score (nSPS) is 16.8. The van der Waals surface area contributed by atoms with Crippen LogP contribution in [-0.4, -0.2) is 60.9 Å². The maximum atomic E-state index is 13.9. The molecule has 1 fully saturated rings. The molecule has 0 radical (unpaired) electrons. The van der Waals surface area contributed by atoms with Crippen molar-refractivity contribution in [1.29, 1.82) is 0 Å². The van der Waals surface area contributed by atoms with E-state index in [1.165, 1.54) is 12.1 Å². The smallest absolute Gasteiger partial charge is 0.242 e. The van der Waals surface area contributed by atoms with E-state index in [-0.39, 0.29) is 30.9 Å². The van der Waals surface area contributed by atoms with E-state index in [1.54, 1.807) is 4.90 Å². The van der Waals surface area contributed by atoms with Crippen LogP contribution < -0.4 is 11.1 Å². The lowest BCUT2D eigenvalue weighted by Crippen LogP contribution is -2.51. The molecular formula is C16H22F2N4O2. The molecule has 1 aliphatic heterocycles. The molecule has 0 spiro atoms. The number of nitrogens with zero attached hydrogens (tertiary/aromatic N) is 2. The Morgan fingerprint density at radius 1 is 1.25 bits per heavy atom. The molecule has 0 aromatic heterocycles. The molecule has 1 aromatic carbocycles. The Morgan fingerprint density at radius 3 is 2.50 bits per heavy atom. The summed E-state index contributed by atoms with van der Waals surface area (Å²) in [6.07, 6.45) is 0. The van der Waals surface area contributed by atoms with Gasteiger partial charge < -0.3 is 16.0 Å². The molecule has 1 aliphatic rings. The number of carbonyl (C=O) groups excluding carboxylic acids is 2. The van der Waals surface area contributed by atoms with E-state index in [1.807, 2.05) is 11.8 Å². The minimum Gasteiger partial charge on any atom is -0.346 e. The zero-order valence-electron chi connectivity index (χ0n) is 13.6. The summed E-state index contributed by atoms with van der Waals surface area (Å²) in [5.41, 5.74) is 5.60. The predicted octanol–water partition coefficient (Wildman–Crippen LogP) is 0.245. The number of halogens is 2. The minimum absolute atomic E-state index is 0.0713. The lowest BCUT2D eigenvalue weighted by Gasteiger charge is -2.38.